The van der Waals surface area contributed by atoms with Crippen LogP contribution in [0.1, 0.15) is 24.2 Å². The van der Waals surface area contributed by atoms with Crippen LogP contribution in [-0.2, 0) is 0 Å². The molecule has 2 nitrogen and oxygen atoms in total. The van der Waals surface area contributed by atoms with Crippen molar-refractivity contribution in [3.05, 3.63) is 32.7 Å². The minimum atomic E-state index is -0.409. The van der Waals surface area contributed by atoms with Crippen LogP contribution in [0.5, 0.6) is 0 Å². The number of alkyl halides is 1. The zero-order valence-electron chi connectivity index (χ0n) is 8.98. The van der Waals surface area contributed by atoms with Crippen LogP contribution in [0.4, 0.5) is 0 Å². The Hall–Kier alpha value is -0.0600. The molecule has 5 heteroatoms. The van der Waals surface area contributed by atoms with Crippen LogP contribution in [0, 0.1) is 0 Å². The van der Waals surface area contributed by atoms with Gasteiger partial charge in [-0.25, -0.2) is 0 Å². The van der Waals surface area contributed by atoms with Gasteiger partial charge in [-0.2, -0.15) is 0 Å². The summed E-state index contributed by atoms with van der Waals surface area (Å²) in [6.45, 7) is 3.76. The molecule has 0 fully saturated rings. The van der Waals surface area contributed by atoms with Crippen molar-refractivity contribution in [3.63, 3.8) is 0 Å². The maximum absolute atomic E-state index is 11.9. The molecular weight excluding hydrogens is 357 g/mol. The molecule has 0 saturated heterocycles. The maximum Gasteiger partial charge on any atom is 0.251 e. The van der Waals surface area contributed by atoms with Crippen molar-refractivity contribution in [3.8, 4) is 0 Å². The first-order valence-corrected chi connectivity index (χ1v) is 6.81. The van der Waals surface area contributed by atoms with Crippen LogP contribution in [0.2, 0.25) is 0 Å². The average molecular weight is 369 g/mol. The Bertz CT molecular complexity index is 387. The highest BCUT2D eigenvalue weighted by Gasteiger charge is 2.20. The van der Waals surface area contributed by atoms with Crippen LogP contribution in [0.3, 0.4) is 0 Å². The third kappa shape index (κ3) is 4.07. The molecule has 0 aliphatic carbocycles. The van der Waals surface area contributed by atoms with Gasteiger partial charge in [-0.3, -0.25) is 4.79 Å². The molecule has 88 valence electrons. The molecule has 0 aliphatic rings. The van der Waals surface area contributed by atoms with Crippen LogP contribution in [-0.4, -0.2) is 17.3 Å². The van der Waals surface area contributed by atoms with E-state index in [-0.39, 0.29) is 5.91 Å². The maximum atomic E-state index is 11.9. The predicted octanol–water partition coefficient (Wildman–Crippen LogP) is 3.96. The highest BCUT2D eigenvalue weighted by molar-refractivity contribution is 9.11. The van der Waals surface area contributed by atoms with Gasteiger partial charge in [-0.15, -0.1) is 11.6 Å². The lowest BCUT2D eigenvalue weighted by Gasteiger charge is -2.23. The fourth-order valence-corrected chi connectivity index (χ4v) is 2.46. The number of halogens is 3. The number of hydrogen-bond acceptors (Lipinski definition) is 1. The summed E-state index contributed by atoms with van der Waals surface area (Å²) in [5.74, 6) is 0.237. The zero-order chi connectivity index (χ0) is 12.3. The molecule has 0 unspecified atom stereocenters. The Morgan fingerprint density at radius 1 is 1.31 bits per heavy atom. The van der Waals surface area contributed by atoms with E-state index in [1.807, 2.05) is 19.9 Å². The van der Waals surface area contributed by atoms with E-state index >= 15 is 0 Å². The quantitative estimate of drug-likeness (QED) is 0.803. The van der Waals surface area contributed by atoms with E-state index in [4.69, 9.17) is 11.6 Å². The molecule has 1 N–H and O–H groups in total. The second-order valence-electron chi connectivity index (χ2n) is 4.13. The van der Waals surface area contributed by atoms with Gasteiger partial charge in [0, 0.05) is 25.9 Å². The van der Waals surface area contributed by atoms with Crippen LogP contribution in [0.25, 0.3) is 0 Å². The molecule has 1 amide bonds. The average Bonchev–Trinajstić information content (AvgIpc) is 2.15. The van der Waals surface area contributed by atoms with Gasteiger partial charge in [-0.1, -0.05) is 31.9 Å². The summed E-state index contributed by atoms with van der Waals surface area (Å²) in [6.07, 6.45) is 0. The summed E-state index contributed by atoms with van der Waals surface area (Å²) in [7, 11) is 0. The van der Waals surface area contributed by atoms with Crippen molar-refractivity contribution >= 4 is 49.4 Å². The highest BCUT2D eigenvalue weighted by Crippen LogP contribution is 2.20. The van der Waals surface area contributed by atoms with E-state index in [1.54, 1.807) is 12.1 Å². The second kappa shape index (κ2) is 5.52. The third-order valence-electron chi connectivity index (χ3n) is 1.91. The van der Waals surface area contributed by atoms with Crippen molar-refractivity contribution in [1.82, 2.24) is 5.32 Å². The summed E-state index contributed by atoms with van der Waals surface area (Å²) < 4.78 is 1.71. The van der Waals surface area contributed by atoms with Gasteiger partial charge in [0.25, 0.3) is 5.91 Å². The van der Waals surface area contributed by atoms with Crippen LogP contribution >= 0.6 is 43.5 Å². The number of benzene rings is 1. The predicted molar refractivity (Wildman–Crippen MR) is 74.1 cm³/mol. The molecule has 0 spiro atoms. The van der Waals surface area contributed by atoms with Gasteiger partial charge in [0.1, 0.15) is 0 Å². The topological polar surface area (TPSA) is 29.1 Å². The summed E-state index contributed by atoms with van der Waals surface area (Å²) in [6, 6.07) is 5.41. The number of rotatable bonds is 3. The fourth-order valence-electron chi connectivity index (χ4n) is 1.10. The molecule has 0 saturated carbocycles. The number of carbonyl (C=O) groups excluding carboxylic acids is 1. The Morgan fingerprint density at radius 3 is 2.25 bits per heavy atom. The lowest BCUT2D eigenvalue weighted by Crippen LogP contribution is -2.44. The molecular formula is C11H12Br2ClNO. The number of amides is 1. The van der Waals surface area contributed by atoms with Gasteiger partial charge >= 0.3 is 0 Å². The second-order valence-corrected chi connectivity index (χ2v) is 6.23. The summed E-state index contributed by atoms with van der Waals surface area (Å²) >= 11 is 12.4. The molecule has 0 heterocycles. The first-order valence-electron chi connectivity index (χ1n) is 4.68. The lowest BCUT2D eigenvalue weighted by molar-refractivity contribution is 0.0920. The van der Waals surface area contributed by atoms with Gasteiger partial charge < -0.3 is 5.32 Å². The third-order valence-corrected chi connectivity index (χ3v) is 3.49. The van der Waals surface area contributed by atoms with Gasteiger partial charge in [0.2, 0.25) is 0 Å². The Balaban J connectivity index is 2.89. The largest absolute Gasteiger partial charge is 0.346 e. The molecule has 1 aromatic rings. The van der Waals surface area contributed by atoms with Gasteiger partial charge in [0.05, 0.1) is 0 Å². The van der Waals surface area contributed by atoms with E-state index in [2.05, 4.69) is 37.2 Å². The SMILES string of the molecule is CC(C)(CCl)NC(=O)c1cc(Br)cc(Br)c1. The number of nitrogens with one attached hydrogen (secondary N) is 1. The molecule has 0 aromatic heterocycles. The van der Waals surface area contributed by atoms with Crippen molar-refractivity contribution in [2.75, 3.05) is 5.88 Å². The number of hydrogen-bond donors (Lipinski definition) is 1. The Morgan fingerprint density at radius 2 is 1.81 bits per heavy atom. The minimum absolute atomic E-state index is 0.132. The van der Waals surface area contributed by atoms with E-state index in [1.165, 1.54) is 0 Å². The molecule has 1 rings (SSSR count). The van der Waals surface area contributed by atoms with Crippen molar-refractivity contribution in [2.45, 2.75) is 19.4 Å². The summed E-state index contributed by atoms with van der Waals surface area (Å²) in [5, 5.41) is 2.86. The monoisotopic (exact) mass is 367 g/mol. The standard InChI is InChI=1S/C11H12Br2ClNO/c1-11(2,6-14)15-10(16)7-3-8(12)5-9(13)4-7/h3-5H,6H2,1-2H3,(H,15,16). The van der Waals surface area contributed by atoms with Crippen LogP contribution < -0.4 is 5.32 Å². The molecule has 1 aromatic carbocycles. The number of carbonyl (C=O) groups is 1. The van der Waals surface area contributed by atoms with E-state index in [9.17, 15) is 4.79 Å². The first kappa shape index (κ1) is 14.0. The molecule has 0 atom stereocenters. The minimum Gasteiger partial charge on any atom is -0.346 e. The Kier molecular flexibility index (Phi) is 4.83. The van der Waals surface area contributed by atoms with Gasteiger partial charge in [0.15, 0.2) is 0 Å². The van der Waals surface area contributed by atoms with Crippen molar-refractivity contribution in [1.29, 1.82) is 0 Å². The highest BCUT2D eigenvalue weighted by atomic mass is 79.9. The van der Waals surface area contributed by atoms with E-state index in [0.29, 0.717) is 11.4 Å². The molecule has 0 bridgehead atoms. The normalized spacial score (nSPS) is 11.3. The molecule has 0 aliphatic heterocycles. The van der Waals surface area contributed by atoms with Crippen molar-refractivity contribution < 1.29 is 4.79 Å². The molecule has 0 radical (unpaired) electrons. The Labute approximate surface area is 117 Å². The smallest absolute Gasteiger partial charge is 0.251 e. The van der Waals surface area contributed by atoms with E-state index in [0.717, 1.165) is 8.95 Å². The first-order chi connectivity index (χ1) is 7.34. The fraction of sp³-hybridized carbons (Fsp3) is 0.364. The lowest BCUT2D eigenvalue weighted by atomic mass is 10.1. The van der Waals surface area contributed by atoms with Crippen LogP contribution in [0.15, 0.2) is 27.1 Å². The van der Waals surface area contributed by atoms with E-state index < -0.39 is 5.54 Å². The summed E-state index contributed by atoms with van der Waals surface area (Å²) in [4.78, 5) is 11.9. The van der Waals surface area contributed by atoms with Gasteiger partial charge in [-0.05, 0) is 32.0 Å². The summed E-state index contributed by atoms with van der Waals surface area (Å²) in [5.41, 5.74) is 0.187. The van der Waals surface area contributed by atoms with Crippen molar-refractivity contribution in [2.24, 2.45) is 0 Å². The molecule has 16 heavy (non-hydrogen) atoms. The zero-order valence-corrected chi connectivity index (χ0v) is 12.9.